The summed E-state index contributed by atoms with van der Waals surface area (Å²) in [5.41, 5.74) is 0.441. The van der Waals surface area contributed by atoms with Crippen LogP contribution >= 0.6 is 15.9 Å². The summed E-state index contributed by atoms with van der Waals surface area (Å²) in [6.07, 6.45) is 0. The highest BCUT2D eigenvalue weighted by atomic mass is 79.9. The van der Waals surface area contributed by atoms with Gasteiger partial charge in [-0.3, -0.25) is 4.79 Å². The molecular weight excluding hydrogens is 310 g/mol. The Balaban J connectivity index is 2.55. The zero-order valence-electron chi connectivity index (χ0n) is 10.6. The Bertz CT molecular complexity index is 653. The highest BCUT2D eigenvalue weighted by molar-refractivity contribution is 9.10. The van der Waals surface area contributed by atoms with Crippen molar-refractivity contribution >= 4 is 15.9 Å². The van der Waals surface area contributed by atoms with E-state index >= 15 is 0 Å². The predicted octanol–water partition coefficient (Wildman–Crippen LogP) is 1.97. The summed E-state index contributed by atoms with van der Waals surface area (Å²) in [5.74, 6) is 0.177. The number of hydrogen-bond donors (Lipinski definition) is 2. The Morgan fingerprint density at radius 3 is 2.63 bits per heavy atom. The molecular formula is C13H14BrN3O2. The molecule has 0 aliphatic carbocycles. The standard InChI is InChI=1S/C13H14BrN3O2/c1-17(2)7-10-15-12(18)11(13(19)16-10)8-5-3-4-6-9(8)14/h3-6H,7H2,1-2H3,(H2,15,16,18,19). The number of rotatable bonds is 3. The predicted molar refractivity (Wildman–Crippen MR) is 77.0 cm³/mol. The maximum absolute atomic E-state index is 12.1. The molecule has 1 aromatic carbocycles. The number of benzene rings is 1. The number of H-pyrrole nitrogens is 1. The minimum atomic E-state index is -0.351. The van der Waals surface area contributed by atoms with Gasteiger partial charge in [-0.05, 0) is 20.2 Å². The first-order valence-corrected chi connectivity index (χ1v) is 6.50. The van der Waals surface area contributed by atoms with Crippen LogP contribution in [0.15, 0.2) is 33.5 Å². The molecule has 0 amide bonds. The molecule has 0 aliphatic heterocycles. The Labute approximate surface area is 119 Å². The highest BCUT2D eigenvalue weighted by Crippen LogP contribution is 2.30. The molecule has 0 bridgehead atoms. The van der Waals surface area contributed by atoms with Crippen LogP contribution in [0.4, 0.5) is 0 Å². The molecule has 2 N–H and O–H groups in total. The fraction of sp³-hybridized carbons (Fsp3) is 0.231. The van der Waals surface area contributed by atoms with Crippen molar-refractivity contribution in [1.29, 1.82) is 0 Å². The lowest BCUT2D eigenvalue weighted by Gasteiger charge is -2.11. The van der Waals surface area contributed by atoms with Crippen LogP contribution in [0.3, 0.4) is 0 Å². The number of aromatic amines is 1. The van der Waals surface area contributed by atoms with Crippen LogP contribution in [0.2, 0.25) is 0 Å². The first kappa shape index (κ1) is 13.8. The number of halogens is 1. The van der Waals surface area contributed by atoms with E-state index < -0.39 is 0 Å². The van der Waals surface area contributed by atoms with Gasteiger partial charge in [0.1, 0.15) is 11.4 Å². The fourth-order valence-corrected chi connectivity index (χ4v) is 2.27. The molecule has 1 heterocycles. The Morgan fingerprint density at radius 2 is 2.05 bits per heavy atom. The van der Waals surface area contributed by atoms with Crippen LogP contribution in [-0.2, 0) is 6.54 Å². The van der Waals surface area contributed by atoms with E-state index in [0.717, 1.165) is 4.47 Å². The molecule has 0 saturated carbocycles. The molecule has 0 aliphatic rings. The maximum atomic E-state index is 12.1. The number of nitrogens with one attached hydrogen (secondary N) is 1. The topological polar surface area (TPSA) is 69.2 Å². The highest BCUT2D eigenvalue weighted by Gasteiger charge is 2.15. The largest absolute Gasteiger partial charge is 0.493 e. The maximum Gasteiger partial charge on any atom is 0.262 e. The lowest BCUT2D eigenvalue weighted by atomic mass is 10.1. The minimum absolute atomic E-state index is 0.176. The quantitative estimate of drug-likeness (QED) is 0.906. The Kier molecular flexibility index (Phi) is 4.01. The number of aromatic nitrogens is 2. The van der Waals surface area contributed by atoms with E-state index in [-0.39, 0.29) is 17.0 Å². The smallest absolute Gasteiger partial charge is 0.262 e. The SMILES string of the molecule is CN(C)Cc1nc(O)c(-c2ccccc2Br)c(=O)[nH]1. The van der Waals surface area contributed by atoms with E-state index in [9.17, 15) is 9.90 Å². The van der Waals surface area contributed by atoms with E-state index in [4.69, 9.17) is 0 Å². The lowest BCUT2D eigenvalue weighted by Crippen LogP contribution is -2.19. The van der Waals surface area contributed by atoms with E-state index in [1.165, 1.54) is 0 Å². The van der Waals surface area contributed by atoms with Crippen molar-refractivity contribution < 1.29 is 5.11 Å². The van der Waals surface area contributed by atoms with E-state index in [1.807, 2.05) is 31.1 Å². The molecule has 0 fully saturated rings. The Morgan fingerprint density at radius 1 is 1.37 bits per heavy atom. The van der Waals surface area contributed by atoms with Crippen molar-refractivity contribution in [2.24, 2.45) is 0 Å². The van der Waals surface area contributed by atoms with Crippen molar-refractivity contribution in [2.75, 3.05) is 14.1 Å². The lowest BCUT2D eigenvalue weighted by molar-refractivity contribution is 0.381. The molecule has 0 atom stereocenters. The number of nitrogens with zero attached hydrogens (tertiary/aromatic N) is 2. The third-order valence-electron chi connectivity index (χ3n) is 2.56. The van der Waals surface area contributed by atoms with Gasteiger partial charge in [0.2, 0.25) is 5.88 Å². The van der Waals surface area contributed by atoms with Crippen molar-refractivity contribution in [2.45, 2.75) is 6.54 Å². The fourth-order valence-electron chi connectivity index (χ4n) is 1.79. The van der Waals surface area contributed by atoms with Crippen LogP contribution in [-0.4, -0.2) is 34.1 Å². The second-order valence-electron chi connectivity index (χ2n) is 4.43. The second kappa shape index (κ2) is 5.54. The first-order chi connectivity index (χ1) is 8.99. The monoisotopic (exact) mass is 323 g/mol. The van der Waals surface area contributed by atoms with Gasteiger partial charge in [0.05, 0.1) is 6.54 Å². The van der Waals surface area contributed by atoms with Crippen LogP contribution < -0.4 is 5.56 Å². The first-order valence-electron chi connectivity index (χ1n) is 5.71. The zero-order valence-corrected chi connectivity index (χ0v) is 12.2. The van der Waals surface area contributed by atoms with Crippen molar-refractivity contribution in [1.82, 2.24) is 14.9 Å². The summed E-state index contributed by atoms with van der Waals surface area (Å²) in [6, 6.07) is 7.20. The third kappa shape index (κ3) is 3.02. The second-order valence-corrected chi connectivity index (χ2v) is 5.28. The van der Waals surface area contributed by atoms with Gasteiger partial charge in [0.15, 0.2) is 0 Å². The average Bonchev–Trinajstić information content (AvgIpc) is 2.29. The average molecular weight is 324 g/mol. The number of aromatic hydroxyl groups is 1. The van der Waals surface area contributed by atoms with Gasteiger partial charge in [-0.2, -0.15) is 4.98 Å². The molecule has 0 spiro atoms. The summed E-state index contributed by atoms with van der Waals surface area (Å²) < 4.78 is 0.734. The summed E-state index contributed by atoms with van der Waals surface area (Å²) in [7, 11) is 3.72. The molecule has 2 aromatic rings. The molecule has 0 saturated heterocycles. The van der Waals surface area contributed by atoms with Gasteiger partial charge in [-0.1, -0.05) is 34.1 Å². The van der Waals surface area contributed by atoms with Crippen LogP contribution in [0.5, 0.6) is 5.88 Å². The summed E-state index contributed by atoms with van der Waals surface area (Å²) in [5, 5.41) is 9.99. The number of hydrogen-bond acceptors (Lipinski definition) is 4. The molecule has 2 rings (SSSR count). The molecule has 1 aromatic heterocycles. The van der Waals surface area contributed by atoms with E-state index in [1.54, 1.807) is 12.1 Å². The van der Waals surface area contributed by atoms with Crippen molar-refractivity contribution in [3.05, 3.63) is 44.9 Å². The van der Waals surface area contributed by atoms with Crippen molar-refractivity contribution in [3.63, 3.8) is 0 Å². The molecule has 6 heteroatoms. The molecule has 100 valence electrons. The van der Waals surface area contributed by atoms with E-state index in [2.05, 4.69) is 25.9 Å². The normalized spacial score (nSPS) is 10.9. The van der Waals surface area contributed by atoms with Crippen LogP contribution in [0.1, 0.15) is 5.82 Å². The summed E-state index contributed by atoms with van der Waals surface area (Å²) in [4.78, 5) is 20.7. The van der Waals surface area contributed by atoms with Crippen LogP contribution in [0.25, 0.3) is 11.1 Å². The van der Waals surface area contributed by atoms with E-state index in [0.29, 0.717) is 17.9 Å². The molecule has 0 unspecified atom stereocenters. The van der Waals surface area contributed by atoms with Gasteiger partial charge in [0.25, 0.3) is 5.56 Å². The summed E-state index contributed by atoms with van der Waals surface area (Å²) >= 11 is 3.36. The molecule has 0 radical (unpaired) electrons. The Hall–Kier alpha value is -1.66. The van der Waals surface area contributed by atoms with Gasteiger partial charge in [-0.25, -0.2) is 0 Å². The van der Waals surface area contributed by atoms with Crippen molar-refractivity contribution in [3.8, 4) is 17.0 Å². The van der Waals surface area contributed by atoms with Gasteiger partial charge in [0, 0.05) is 10.0 Å². The van der Waals surface area contributed by atoms with Crippen LogP contribution in [0, 0.1) is 0 Å². The zero-order chi connectivity index (χ0) is 14.0. The van der Waals surface area contributed by atoms with Gasteiger partial charge < -0.3 is 15.0 Å². The summed E-state index contributed by atoms with van der Waals surface area (Å²) in [6.45, 7) is 0.457. The molecule has 19 heavy (non-hydrogen) atoms. The van der Waals surface area contributed by atoms with Gasteiger partial charge in [-0.15, -0.1) is 0 Å². The minimum Gasteiger partial charge on any atom is -0.493 e. The van der Waals surface area contributed by atoms with Gasteiger partial charge >= 0.3 is 0 Å². The third-order valence-corrected chi connectivity index (χ3v) is 3.25. The molecule has 5 nitrogen and oxygen atoms in total.